The molecule has 0 bridgehead atoms. The molecular formula is C17H13BrClFN2O2. The molecule has 7 heteroatoms. The molecule has 2 amide bonds. The van der Waals surface area contributed by atoms with Gasteiger partial charge in [0.15, 0.2) is 0 Å². The third kappa shape index (κ3) is 3.30. The van der Waals surface area contributed by atoms with E-state index in [-0.39, 0.29) is 17.2 Å². The van der Waals surface area contributed by atoms with E-state index in [0.717, 1.165) is 0 Å². The van der Waals surface area contributed by atoms with Crippen molar-refractivity contribution >= 4 is 45.0 Å². The van der Waals surface area contributed by atoms with Crippen LogP contribution in [0, 0.1) is 5.82 Å². The second-order valence-corrected chi connectivity index (χ2v) is 6.70. The maximum absolute atomic E-state index is 13.9. The van der Waals surface area contributed by atoms with Crippen molar-refractivity contribution in [3.05, 3.63) is 63.3 Å². The van der Waals surface area contributed by atoms with E-state index in [1.54, 1.807) is 36.4 Å². The molecule has 2 aromatic carbocycles. The van der Waals surface area contributed by atoms with Gasteiger partial charge < -0.3 is 10.2 Å². The first kappa shape index (κ1) is 16.9. The van der Waals surface area contributed by atoms with Gasteiger partial charge in [-0.3, -0.25) is 9.59 Å². The van der Waals surface area contributed by atoms with Crippen LogP contribution in [-0.2, 0) is 4.79 Å². The van der Waals surface area contributed by atoms with Gasteiger partial charge in [-0.15, -0.1) is 0 Å². The van der Waals surface area contributed by atoms with Crippen LogP contribution in [0.5, 0.6) is 0 Å². The highest BCUT2D eigenvalue weighted by Crippen LogP contribution is 2.25. The number of amides is 2. The first-order valence-corrected chi connectivity index (χ1v) is 8.46. The Balaban J connectivity index is 1.75. The predicted molar refractivity (Wildman–Crippen MR) is 93.8 cm³/mol. The minimum Gasteiger partial charge on any atom is -0.340 e. The van der Waals surface area contributed by atoms with Crippen molar-refractivity contribution in [2.75, 3.05) is 11.4 Å². The SMILES string of the molecule is O=C(NC1CCN(c2ccccc2F)C1=O)c1cc(Br)ccc1Cl. The molecule has 2 aromatic rings. The molecule has 0 aromatic heterocycles. The molecule has 3 rings (SSSR count). The number of carbonyl (C=O) groups is 2. The smallest absolute Gasteiger partial charge is 0.253 e. The van der Waals surface area contributed by atoms with Crippen LogP contribution in [0.15, 0.2) is 46.9 Å². The Morgan fingerprint density at radius 1 is 1.29 bits per heavy atom. The van der Waals surface area contributed by atoms with E-state index in [2.05, 4.69) is 21.2 Å². The number of rotatable bonds is 3. The minimum atomic E-state index is -0.702. The Kier molecular flexibility index (Phi) is 4.87. The van der Waals surface area contributed by atoms with Crippen molar-refractivity contribution in [1.29, 1.82) is 0 Å². The molecule has 1 aliphatic heterocycles. The Hall–Kier alpha value is -1.92. The fourth-order valence-electron chi connectivity index (χ4n) is 2.63. The highest BCUT2D eigenvalue weighted by Gasteiger charge is 2.35. The highest BCUT2D eigenvalue weighted by molar-refractivity contribution is 9.10. The quantitative estimate of drug-likeness (QED) is 0.836. The fourth-order valence-corrected chi connectivity index (χ4v) is 3.20. The third-order valence-corrected chi connectivity index (χ3v) is 4.65. The van der Waals surface area contributed by atoms with E-state index in [1.807, 2.05) is 0 Å². The van der Waals surface area contributed by atoms with Crippen LogP contribution < -0.4 is 10.2 Å². The van der Waals surface area contributed by atoms with Gasteiger partial charge in [-0.25, -0.2) is 4.39 Å². The van der Waals surface area contributed by atoms with Gasteiger partial charge in [0, 0.05) is 11.0 Å². The van der Waals surface area contributed by atoms with Gasteiger partial charge in [-0.2, -0.15) is 0 Å². The maximum atomic E-state index is 13.9. The lowest BCUT2D eigenvalue weighted by Gasteiger charge is -2.18. The lowest BCUT2D eigenvalue weighted by molar-refractivity contribution is -0.118. The van der Waals surface area contributed by atoms with Gasteiger partial charge in [0.1, 0.15) is 11.9 Å². The van der Waals surface area contributed by atoms with E-state index in [1.165, 1.54) is 11.0 Å². The summed E-state index contributed by atoms with van der Waals surface area (Å²) in [5.74, 6) is -1.23. The summed E-state index contributed by atoms with van der Waals surface area (Å²) < 4.78 is 14.6. The number of hydrogen-bond acceptors (Lipinski definition) is 2. The molecule has 1 fully saturated rings. The van der Waals surface area contributed by atoms with Crippen molar-refractivity contribution < 1.29 is 14.0 Å². The molecule has 1 N–H and O–H groups in total. The van der Waals surface area contributed by atoms with E-state index in [4.69, 9.17) is 11.6 Å². The minimum absolute atomic E-state index is 0.222. The standard InChI is InChI=1S/C17H13BrClFN2O2/c18-10-5-6-12(19)11(9-10)16(23)21-14-7-8-22(17(14)24)15-4-2-1-3-13(15)20/h1-6,9,14H,7-8H2,(H,21,23). The number of anilines is 1. The van der Waals surface area contributed by atoms with Crippen LogP contribution in [0.4, 0.5) is 10.1 Å². The summed E-state index contributed by atoms with van der Waals surface area (Å²) in [7, 11) is 0. The molecule has 1 heterocycles. The average Bonchev–Trinajstić information content (AvgIpc) is 2.91. The summed E-state index contributed by atoms with van der Waals surface area (Å²) in [6.07, 6.45) is 0.407. The average molecular weight is 412 g/mol. The predicted octanol–water partition coefficient (Wildman–Crippen LogP) is 3.78. The van der Waals surface area contributed by atoms with Crippen molar-refractivity contribution in [1.82, 2.24) is 5.32 Å². The molecule has 124 valence electrons. The molecule has 0 aliphatic carbocycles. The van der Waals surface area contributed by atoms with Gasteiger partial charge in [0.25, 0.3) is 5.91 Å². The monoisotopic (exact) mass is 410 g/mol. The zero-order valence-corrected chi connectivity index (χ0v) is 14.8. The molecule has 1 aliphatic rings. The number of nitrogens with zero attached hydrogens (tertiary/aromatic N) is 1. The normalized spacial score (nSPS) is 17.2. The van der Waals surface area contributed by atoms with E-state index in [9.17, 15) is 14.0 Å². The van der Waals surface area contributed by atoms with Crippen LogP contribution in [0.3, 0.4) is 0 Å². The molecule has 24 heavy (non-hydrogen) atoms. The summed E-state index contributed by atoms with van der Waals surface area (Å²) in [4.78, 5) is 26.2. The topological polar surface area (TPSA) is 49.4 Å². The highest BCUT2D eigenvalue weighted by atomic mass is 79.9. The van der Waals surface area contributed by atoms with Crippen LogP contribution >= 0.6 is 27.5 Å². The molecule has 0 radical (unpaired) electrons. The Labute approximate surface area is 151 Å². The summed E-state index contributed by atoms with van der Waals surface area (Å²) in [6.45, 7) is 0.344. The Bertz CT molecular complexity index is 815. The van der Waals surface area contributed by atoms with Gasteiger partial charge in [-0.05, 0) is 36.8 Å². The summed E-state index contributed by atoms with van der Waals surface area (Å²) in [5.41, 5.74) is 0.503. The lowest BCUT2D eigenvalue weighted by atomic mass is 10.2. The number of carbonyl (C=O) groups excluding carboxylic acids is 2. The fraction of sp³-hybridized carbons (Fsp3) is 0.176. The largest absolute Gasteiger partial charge is 0.340 e. The number of para-hydroxylation sites is 1. The Morgan fingerprint density at radius 3 is 2.79 bits per heavy atom. The van der Waals surface area contributed by atoms with Gasteiger partial charge in [0.05, 0.1) is 16.3 Å². The molecular weight excluding hydrogens is 399 g/mol. The summed E-state index contributed by atoms with van der Waals surface area (Å²) >= 11 is 9.31. The molecule has 4 nitrogen and oxygen atoms in total. The number of halogens is 3. The van der Waals surface area contributed by atoms with Crippen LogP contribution in [0.25, 0.3) is 0 Å². The van der Waals surface area contributed by atoms with Crippen molar-refractivity contribution in [3.63, 3.8) is 0 Å². The summed E-state index contributed by atoms with van der Waals surface area (Å²) in [5, 5.41) is 2.97. The van der Waals surface area contributed by atoms with Crippen molar-refractivity contribution in [2.24, 2.45) is 0 Å². The van der Waals surface area contributed by atoms with Crippen LogP contribution in [-0.4, -0.2) is 24.4 Å². The molecule has 0 saturated carbocycles. The van der Waals surface area contributed by atoms with E-state index >= 15 is 0 Å². The van der Waals surface area contributed by atoms with E-state index < -0.39 is 17.8 Å². The maximum Gasteiger partial charge on any atom is 0.253 e. The molecule has 1 unspecified atom stereocenters. The van der Waals surface area contributed by atoms with Gasteiger partial charge in [-0.1, -0.05) is 39.7 Å². The second-order valence-electron chi connectivity index (χ2n) is 5.38. The first-order valence-electron chi connectivity index (χ1n) is 7.29. The zero-order chi connectivity index (χ0) is 17.3. The van der Waals surface area contributed by atoms with E-state index in [0.29, 0.717) is 22.5 Å². The van der Waals surface area contributed by atoms with Gasteiger partial charge >= 0.3 is 0 Å². The van der Waals surface area contributed by atoms with Crippen molar-refractivity contribution in [3.8, 4) is 0 Å². The molecule has 1 atom stereocenters. The lowest BCUT2D eigenvalue weighted by Crippen LogP contribution is -2.41. The van der Waals surface area contributed by atoms with Crippen molar-refractivity contribution in [2.45, 2.75) is 12.5 Å². The first-order chi connectivity index (χ1) is 11.5. The Morgan fingerprint density at radius 2 is 2.04 bits per heavy atom. The zero-order valence-electron chi connectivity index (χ0n) is 12.4. The van der Waals surface area contributed by atoms with Crippen LogP contribution in [0.1, 0.15) is 16.8 Å². The third-order valence-electron chi connectivity index (χ3n) is 3.83. The number of benzene rings is 2. The molecule has 1 saturated heterocycles. The van der Waals surface area contributed by atoms with Crippen LogP contribution in [0.2, 0.25) is 5.02 Å². The number of hydrogen-bond donors (Lipinski definition) is 1. The van der Waals surface area contributed by atoms with Gasteiger partial charge in [0.2, 0.25) is 5.91 Å². The summed E-state index contributed by atoms with van der Waals surface area (Å²) in [6, 6.07) is 10.3. The second kappa shape index (κ2) is 6.91. The molecule has 0 spiro atoms. The number of nitrogens with one attached hydrogen (secondary N) is 1.